The molecule has 18 heavy (non-hydrogen) atoms. The summed E-state index contributed by atoms with van der Waals surface area (Å²) < 4.78 is 1.90. The first-order valence-corrected chi connectivity index (χ1v) is 6.09. The van der Waals surface area contributed by atoms with Crippen LogP contribution in [0.3, 0.4) is 0 Å². The van der Waals surface area contributed by atoms with Gasteiger partial charge in [-0.2, -0.15) is 0 Å². The molecule has 0 spiro atoms. The van der Waals surface area contributed by atoms with Crippen LogP contribution in [0, 0.1) is 0 Å². The van der Waals surface area contributed by atoms with Crippen molar-refractivity contribution < 1.29 is 0 Å². The minimum atomic E-state index is -0.0928. The van der Waals surface area contributed by atoms with E-state index in [-0.39, 0.29) is 6.04 Å². The molecular weight excluding hydrogens is 226 g/mol. The van der Waals surface area contributed by atoms with Gasteiger partial charge in [-0.3, -0.25) is 4.57 Å². The molecule has 0 fully saturated rings. The lowest BCUT2D eigenvalue weighted by molar-refractivity contribution is 0.587. The normalized spacial score (nSPS) is 12.4. The number of hydrogen-bond donors (Lipinski definition) is 2. The minimum Gasteiger partial charge on any atom is -0.357 e. The van der Waals surface area contributed by atoms with Gasteiger partial charge in [-0.1, -0.05) is 30.3 Å². The van der Waals surface area contributed by atoms with E-state index in [0.29, 0.717) is 0 Å². The van der Waals surface area contributed by atoms with Crippen molar-refractivity contribution in [2.75, 3.05) is 12.4 Å². The summed E-state index contributed by atoms with van der Waals surface area (Å²) >= 11 is 0. The molecule has 0 saturated heterocycles. The molecule has 0 aliphatic carbocycles. The topological polar surface area (TPSA) is 68.8 Å². The molecule has 2 rings (SSSR count). The van der Waals surface area contributed by atoms with Crippen molar-refractivity contribution in [3.63, 3.8) is 0 Å². The van der Waals surface area contributed by atoms with Crippen LogP contribution in [0.2, 0.25) is 0 Å². The molecule has 1 aromatic heterocycles. The molecule has 2 aromatic rings. The van der Waals surface area contributed by atoms with Crippen molar-refractivity contribution in [2.24, 2.45) is 12.8 Å². The summed E-state index contributed by atoms with van der Waals surface area (Å²) in [5.74, 6) is 1.55. The summed E-state index contributed by atoms with van der Waals surface area (Å²) in [7, 11) is 3.74. The molecule has 1 unspecified atom stereocenters. The highest BCUT2D eigenvalue weighted by Gasteiger charge is 2.14. The summed E-state index contributed by atoms with van der Waals surface area (Å²) in [5.41, 5.74) is 7.46. The van der Waals surface area contributed by atoms with Crippen LogP contribution in [-0.2, 0) is 13.5 Å². The molecule has 0 radical (unpaired) electrons. The smallest absolute Gasteiger partial charge is 0.224 e. The molecular formula is C13H19N5. The quantitative estimate of drug-likeness (QED) is 0.837. The fraction of sp³-hybridized carbons (Fsp3) is 0.385. The van der Waals surface area contributed by atoms with E-state index in [9.17, 15) is 0 Å². The lowest BCUT2D eigenvalue weighted by Gasteiger charge is -2.11. The van der Waals surface area contributed by atoms with Crippen LogP contribution >= 0.6 is 0 Å². The fourth-order valence-electron chi connectivity index (χ4n) is 1.98. The second kappa shape index (κ2) is 5.64. The monoisotopic (exact) mass is 245 g/mol. The Morgan fingerprint density at radius 2 is 2.00 bits per heavy atom. The predicted molar refractivity (Wildman–Crippen MR) is 72.2 cm³/mol. The Labute approximate surface area is 107 Å². The Kier molecular flexibility index (Phi) is 3.94. The van der Waals surface area contributed by atoms with E-state index in [1.807, 2.05) is 36.9 Å². The van der Waals surface area contributed by atoms with Crippen LogP contribution in [-0.4, -0.2) is 21.8 Å². The van der Waals surface area contributed by atoms with Gasteiger partial charge in [-0.25, -0.2) is 0 Å². The highest BCUT2D eigenvalue weighted by Crippen LogP contribution is 2.16. The zero-order valence-corrected chi connectivity index (χ0v) is 10.8. The number of nitrogens with zero attached hydrogens (tertiary/aromatic N) is 3. The van der Waals surface area contributed by atoms with Crippen molar-refractivity contribution in [2.45, 2.75) is 18.9 Å². The molecule has 0 amide bonds. The van der Waals surface area contributed by atoms with Gasteiger partial charge in [0.15, 0.2) is 5.82 Å². The maximum Gasteiger partial charge on any atom is 0.224 e. The molecule has 1 atom stereocenters. The number of aromatic nitrogens is 3. The van der Waals surface area contributed by atoms with Gasteiger partial charge >= 0.3 is 0 Å². The molecule has 0 aliphatic rings. The fourth-order valence-corrected chi connectivity index (χ4v) is 1.98. The van der Waals surface area contributed by atoms with E-state index in [1.165, 1.54) is 5.56 Å². The minimum absolute atomic E-state index is 0.0928. The summed E-state index contributed by atoms with van der Waals surface area (Å²) in [4.78, 5) is 0. The van der Waals surface area contributed by atoms with Crippen molar-refractivity contribution >= 4 is 5.95 Å². The third kappa shape index (κ3) is 2.68. The first-order chi connectivity index (χ1) is 8.72. The summed E-state index contributed by atoms with van der Waals surface area (Å²) in [6.07, 6.45) is 1.81. The number of nitrogens with one attached hydrogen (secondary N) is 1. The van der Waals surface area contributed by atoms with Gasteiger partial charge < -0.3 is 11.1 Å². The largest absolute Gasteiger partial charge is 0.357 e. The van der Waals surface area contributed by atoms with Gasteiger partial charge in [0.1, 0.15) is 0 Å². The molecule has 1 aromatic carbocycles. The van der Waals surface area contributed by atoms with E-state index < -0.39 is 0 Å². The highest BCUT2D eigenvalue weighted by molar-refractivity contribution is 5.24. The highest BCUT2D eigenvalue weighted by atomic mass is 15.3. The van der Waals surface area contributed by atoms with Crippen molar-refractivity contribution in [1.29, 1.82) is 0 Å². The predicted octanol–water partition coefficient (Wildman–Crippen LogP) is 1.49. The molecule has 0 bridgehead atoms. The van der Waals surface area contributed by atoms with Crippen LogP contribution in [0.5, 0.6) is 0 Å². The molecule has 96 valence electrons. The molecule has 3 N–H and O–H groups in total. The number of rotatable bonds is 5. The third-order valence-corrected chi connectivity index (χ3v) is 3.05. The van der Waals surface area contributed by atoms with Gasteiger partial charge in [0, 0.05) is 14.1 Å². The number of anilines is 1. The average molecular weight is 245 g/mol. The van der Waals surface area contributed by atoms with E-state index in [4.69, 9.17) is 5.73 Å². The van der Waals surface area contributed by atoms with E-state index in [2.05, 4.69) is 27.6 Å². The number of hydrogen-bond acceptors (Lipinski definition) is 4. The van der Waals surface area contributed by atoms with Gasteiger partial charge in [-0.15, -0.1) is 10.2 Å². The molecule has 0 aliphatic heterocycles. The van der Waals surface area contributed by atoms with Crippen LogP contribution in [0.25, 0.3) is 0 Å². The maximum atomic E-state index is 6.16. The maximum absolute atomic E-state index is 6.16. The number of nitrogens with two attached hydrogens (primary N) is 1. The van der Waals surface area contributed by atoms with E-state index in [0.717, 1.165) is 24.6 Å². The van der Waals surface area contributed by atoms with Crippen LogP contribution in [0.15, 0.2) is 30.3 Å². The van der Waals surface area contributed by atoms with Crippen LogP contribution < -0.4 is 11.1 Å². The second-order valence-corrected chi connectivity index (χ2v) is 4.32. The average Bonchev–Trinajstić information content (AvgIpc) is 2.78. The molecule has 5 heteroatoms. The molecule has 1 heterocycles. The Balaban J connectivity index is 1.99. The van der Waals surface area contributed by atoms with E-state index >= 15 is 0 Å². The van der Waals surface area contributed by atoms with Crippen LogP contribution in [0.4, 0.5) is 5.95 Å². The van der Waals surface area contributed by atoms with E-state index in [1.54, 1.807) is 0 Å². The van der Waals surface area contributed by atoms with Gasteiger partial charge in [-0.05, 0) is 18.4 Å². The summed E-state index contributed by atoms with van der Waals surface area (Å²) in [6, 6.07) is 10.2. The van der Waals surface area contributed by atoms with Gasteiger partial charge in [0.25, 0.3) is 0 Å². The zero-order valence-electron chi connectivity index (χ0n) is 10.8. The van der Waals surface area contributed by atoms with Crippen molar-refractivity contribution in [3.05, 3.63) is 41.7 Å². The Morgan fingerprint density at radius 1 is 1.28 bits per heavy atom. The van der Waals surface area contributed by atoms with Crippen molar-refractivity contribution in [1.82, 2.24) is 14.8 Å². The lowest BCUT2D eigenvalue weighted by atomic mass is 10.1. The first kappa shape index (κ1) is 12.6. The lowest BCUT2D eigenvalue weighted by Crippen LogP contribution is -2.16. The first-order valence-electron chi connectivity index (χ1n) is 6.09. The Hall–Kier alpha value is -1.88. The Morgan fingerprint density at radius 3 is 2.61 bits per heavy atom. The second-order valence-electron chi connectivity index (χ2n) is 4.32. The number of benzene rings is 1. The van der Waals surface area contributed by atoms with Crippen molar-refractivity contribution in [3.8, 4) is 0 Å². The van der Waals surface area contributed by atoms with Gasteiger partial charge in [0.2, 0.25) is 5.95 Å². The third-order valence-electron chi connectivity index (χ3n) is 3.05. The Bertz CT molecular complexity index is 491. The zero-order chi connectivity index (χ0) is 13.0. The number of aryl methyl sites for hydroxylation is 1. The SMILES string of the molecule is CNc1nnc(C(N)CCc2ccccc2)n1C. The standard InChI is InChI=1S/C13H19N5/c1-15-13-17-16-12(18(13)2)11(14)9-8-10-6-4-3-5-7-10/h3-7,11H,8-9,14H2,1-2H3,(H,15,17). The summed E-state index contributed by atoms with van der Waals surface area (Å²) in [6.45, 7) is 0. The van der Waals surface area contributed by atoms with Gasteiger partial charge in [0.05, 0.1) is 6.04 Å². The molecule has 5 nitrogen and oxygen atoms in total. The summed E-state index contributed by atoms with van der Waals surface area (Å²) in [5, 5.41) is 11.1. The van der Waals surface area contributed by atoms with Crippen LogP contribution in [0.1, 0.15) is 23.9 Å². The molecule has 0 saturated carbocycles.